The number of aryl methyl sites for hydroxylation is 1. The molecule has 0 bridgehead atoms. The molecule has 1 heterocycles. The number of nitrogens with zero attached hydrogens (tertiary/aromatic N) is 2. The van der Waals surface area contributed by atoms with E-state index in [1.807, 2.05) is 19.9 Å². The van der Waals surface area contributed by atoms with Crippen molar-refractivity contribution in [3.8, 4) is 11.1 Å². The summed E-state index contributed by atoms with van der Waals surface area (Å²) in [5, 5.41) is 6.17. The van der Waals surface area contributed by atoms with Gasteiger partial charge in [-0.1, -0.05) is 19.6 Å². The third kappa shape index (κ3) is 5.31. The smallest absolute Gasteiger partial charge is 0.157 e. The summed E-state index contributed by atoms with van der Waals surface area (Å²) < 4.78 is 29.5. The first-order chi connectivity index (χ1) is 14.8. The molecule has 31 heavy (non-hydrogen) atoms. The van der Waals surface area contributed by atoms with Crippen LogP contribution in [0.25, 0.3) is 11.1 Å². The molecule has 4 nitrogen and oxygen atoms in total. The van der Waals surface area contributed by atoms with Crippen LogP contribution in [0.2, 0.25) is 0 Å². The minimum atomic E-state index is -0.593. The van der Waals surface area contributed by atoms with Crippen molar-refractivity contribution in [2.24, 2.45) is 4.99 Å². The minimum absolute atomic E-state index is 0.0283. The van der Waals surface area contributed by atoms with E-state index in [1.54, 1.807) is 19.3 Å². The van der Waals surface area contributed by atoms with Crippen molar-refractivity contribution in [3.63, 3.8) is 0 Å². The van der Waals surface area contributed by atoms with Crippen LogP contribution in [0.3, 0.4) is 0 Å². The third-order valence-electron chi connectivity index (χ3n) is 6.03. The van der Waals surface area contributed by atoms with E-state index in [-0.39, 0.29) is 11.3 Å². The molecule has 0 radical (unpaired) electrons. The topological polar surface area (TPSA) is 39.7 Å². The molecule has 2 N–H and O–H groups in total. The van der Waals surface area contributed by atoms with Gasteiger partial charge in [-0.15, -0.1) is 0 Å². The molecular formula is C25H32F2N4. The number of rotatable bonds is 7. The van der Waals surface area contributed by atoms with Crippen LogP contribution >= 0.6 is 0 Å². The van der Waals surface area contributed by atoms with E-state index in [0.29, 0.717) is 17.4 Å². The van der Waals surface area contributed by atoms with Crippen molar-refractivity contribution in [2.45, 2.75) is 39.2 Å². The van der Waals surface area contributed by atoms with Crippen LogP contribution in [0, 0.1) is 18.6 Å². The van der Waals surface area contributed by atoms with Gasteiger partial charge in [-0.2, -0.15) is 0 Å². The van der Waals surface area contributed by atoms with Gasteiger partial charge in [-0.25, -0.2) is 13.8 Å². The first-order valence-corrected chi connectivity index (χ1v) is 10.8. The van der Waals surface area contributed by atoms with Crippen LogP contribution < -0.4 is 10.6 Å². The highest BCUT2D eigenvalue weighted by Crippen LogP contribution is 2.33. The zero-order chi connectivity index (χ0) is 22.5. The van der Waals surface area contributed by atoms with Crippen molar-refractivity contribution in [1.29, 1.82) is 0 Å². The molecule has 6 heteroatoms. The SMILES string of the molecule is C=C(/N=C\c1cc(-c2c(F)ccc(NC)c2F)cc(CC)c1C)NC1CCN(C)CC1. The molecule has 0 unspecified atom stereocenters. The summed E-state index contributed by atoms with van der Waals surface area (Å²) in [5.41, 5.74) is 3.65. The van der Waals surface area contributed by atoms with Gasteiger partial charge in [0.15, 0.2) is 5.82 Å². The second kappa shape index (κ2) is 10.1. The number of piperidine rings is 1. The maximum atomic E-state index is 14.9. The molecule has 2 aromatic rings. The fourth-order valence-corrected chi connectivity index (χ4v) is 4.03. The summed E-state index contributed by atoms with van der Waals surface area (Å²) in [6, 6.07) is 6.72. The molecule has 3 rings (SSSR count). The van der Waals surface area contributed by atoms with Gasteiger partial charge in [0.25, 0.3) is 0 Å². The normalized spacial score (nSPS) is 15.4. The second-order valence-electron chi connectivity index (χ2n) is 8.16. The number of aliphatic imine (C=N–C) groups is 1. The zero-order valence-electron chi connectivity index (χ0n) is 18.9. The van der Waals surface area contributed by atoms with Gasteiger partial charge in [0.1, 0.15) is 11.6 Å². The maximum absolute atomic E-state index is 14.9. The van der Waals surface area contributed by atoms with Gasteiger partial charge in [-0.05, 0) is 86.8 Å². The van der Waals surface area contributed by atoms with Gasteiger partial charge < -0.3 is 15.5 Å². The van der Waals surface area contributed by atoms with Crippen LogP contribution in [0.4, 0.5) is 14.5 Å². The molecule has 166 valence electrons. The van der Waals surface area contributed by atoms with Crippen LogP contribution in [0.1, 0.15) is 36.5 Å². The number of likely N-dealkylation sites (tertiary alicyclic amines) is 1. The average molecular weight is 427 g/mol. The van der Waals surface area contributed by atoms with Crippen molar-refractivity contribution in [3.05, 3.63) is 65.0 Å². The molecule has 0 spiro atoms. The van der Waals surface area contributed by atoms with Crippen molar-refractivity contribution >= 4 is 11.9 Å². The largest absolute Gasteiger partial charge is 0.386 e. The Bertz CT molecular complexity index is 976. The first-order valence-electron chi connectivity index (χ1n) is 10.8. The predicted molar refractivity (Wildman–Crippen MR) is 126 cm³/mol. The molecule has 1 aliphatic heterocycles. The Morgan fingerprint density at radius 1 is 1.26 bits per heavy atom. The number of hydrogen-bond donors (Lipinski definition) is 2. The highest BCUT2D eigenvalue weighted by molar-refractivity contribution is 5.86. The molecule has 2 aromatic carbocycles. The van der Waals surface area contributed by atoms with Crippen LogP contribution in [0.5, 0.6) is 0 Å². The van der Waals surface area contributed by atoms with Crippen LogP contribution in [0.15, 0.2) is 41.7 Å². The number of hydrogen-bond acceptors (Lipinski definition) is 4. The maximum Gasteiger partial charge on any atom is 0.157 e. The van der Waals surface area contributed by atoms with E-state index in [4.69, 9.17) is 0 Å². The molecule has 0 atom stereocenters. The van der Waals surface area contributed by atoms with E-state index in [2.05, 4.69) is 34.2 Å². The Hall–Kier alpha value is -2.73. The van der Waals surface area contributed by atoms with Crippen molar-refractivity contribution in [1.82, 2.24) is 10.2 Å². The molecule has 1 aliphatic rings. The van der Waals surface area contributed by atoms with Crippen molar-refractivity contribution in [2.75, 3.05) is 32.5 Å². The lowest BCUT2D eigenvalue weighted by atomic mass is 9.93. The summed E-state index contributed by atoms with van der Waals surface area (Å²) in [4.78, 5) is 6.83. The van der Waals surface area contributed by atoms with E-state index < -0.39 is 11.6 Å². The van der Waals surface area contributed by atoms with Gasteiger partial charge in [-0.3, -0.25) is 0 Å². The molecule has 1 fully saturated rings. The van der Waals surface area contributed by atoms with Gasteiger partial charge >= 0.3 is 0 Å². The zero-order valence-corrected chi connectivity index (χ0v) is 18.9. The van der Waals surface area contributed by atoms with Gasteiger partial charge in [0.05, 0.1) is 11.3 Å². The summed E-state index contributed by atoms with van der Waals surface area (Å²) in [6.45, 7) is 10.2. The summed E-state index contributed by atoms with van der Waals surface area (Å²) in [6.07, 6.45) is 4.60. The Balaban J connectivity index is 1.90. The fourth-order valence-electron chi connectivity index (χ4n) is 4.03. The molecule has 1 saturated heterocycles. The lowest BCUT2D eigenvalue weighted by molar-refractivity contribution is 0.241. The third-order valence-corrected chi connectivity index (χ3v) is 6.03. The lowest BCUT2D eigenvalue weighted by Crippen LogP contribution is -2.40. The van der Waals surface area contributed by atoms with Crippen molar-refractivity contribution < 1.29 is 8.78 Å². The standard InChI is InChI=1S/C25H32F2N4/c1-6-18-13-19(24-22(26)7-8-23(28-4)25(24)27)14-20(16(18)2)15-29-17(3)30-21-9-11-31(5)12-10-21/h7-8,13-15,21,28,30H,3,6,9-12H2,1-2,4-5H3/b29-15-. The van der Waals surface area contributed by atoms with Crippen LogP contribution in [-0.4, -0.2) is 44.3 Å². The van der Waals surface area contributed by atoms with E-state index in [1.165, 1.54) is 12.1 Å². The molecule has 0 saturated carbocycles. The van der Waals surface area contributed by atoms with E-state index >= 15 is 0 Å². The minimum Gasteiger partial charge on any atom is -0.386 e. The number of benzene rings is 2. The summed E-state index contributed by atoms with van der Waals surface area (Å²) >= 11 is 0. The average Bonchev–Trinajstić information content (AvgIpc) is 2.75. The lowest BCUT2D eigenvalue weighted by Gasteiger charge is -2.29. The highest BCUT2D eigenvalue weighted by Gasteiger charge is 2.18. The molecular weight excluding hydrogens is 394 g/mol. The monoisotopic (exact) mass is 426 g/mol. The van der Waals surface area contributed by atoms with Crippen LogP contribution in [-0.2, 0) is 6.42 Å². The Morgan fingerprint density at radius 3 is 2.61 bits per heavy atom. The molecule has 0 aliphatic carbocycles. The Labute approximate surface area is 184 Å². The quantitative estimate of drug-likeness (QED) is 0.604. The number of halogens is 2. The number of nitrogens with one attached hydrogen (secondary N) is 2. The Morgan fingerprint density at radius 2 is 1.97 bits per heavy atom. The van der Waals surface area contributed by atoms with Gasteiger partial charge in [0.2, 0.25) is 0 Å². The van der Waals surface area contributed by atoms with E-state index in [9.17, 15) is 8.78 Å². The molecule has 0 amide bonds. The van der Waals surface area contributed by atoms with Gasteiger partial charge in [0, 0.05) is 19.3 Å². The summed E-state index contributed by atoms with van der Waals surface area (Å²) in [7, 11) is 3.75. The second-order valence-corrected chi connectivity index (χ2v) is 8.16. The fraction of sp³-hybridized carbons (Fsp3) is 0.400. The number of anilines is 1. The van der Waals surface area contributed by atoms with E-state index in [0.717, 1.165) is 49.0 Å². The first kappa shape index (κ1) is 22.9. The summed E-state index contributed by atoms with van der Waals surface area (Å²) in [5.74, 6) is -0.574. The molecule has 0 aromatic heterocycles. The predicted octanol–water partition coefficient (Wildman–Crippen LogP) is 5.12. The highest BCUT2D eigenvalue weighted by atomic mass is 19.1. The Kier molecular flexibility index (Phi) is 7.44.